The first-order valence-electron chi connectivity index (χ1n) is 9.11. The molecule has 0 aliphatic carbocycles. The van der Waals surface area contributed by atoms with Gasteiger partial charge in [0.15, 0.2) is 11.0 Å². The maximum absolute atomic E-state index is 10.9. The van der Waals surface area contributed by atoms with Crippen LogP contribution in [0, 0.1) is 0 Å². The monoisotopic (exact) mass is 498 g/mol. The molecule has 5 aromatic rings. The number of halogens is 2. The molecular formula is C22H18Br2N3O+. The van der Waals surface area contributed by atoms with Gasteiger partial charge < -0.3 is 9.67 Å². The maximum atomic E-state index is 10.9. The number of para-hydroxylation sites is 2. The van der Waals surface area contributed by atoms with Gasteiger partial charge in [0.25, 0.3) is 0 Å². The predicted molar refractivity (Wildman–Crippen MR) is 119 cm³/mol. The van der Waals surface area contributed by atoms with E-state index in [4.69, 9.17) is 0 Å². The zero-order chi connectivity index (χ0) is 19.3. The van der Waals surface area contributed by atoms with Crippen LogP contribution in [0.4, 0.5) is 0 Å². The Hall–Kier alpha value is -2.15. The van der Waals surface area contributed by atoms with Gasteiger partial charge in [0.05, 0.1) is 6.54 Å². The minimum Gasteiger partial charge on any atom is -0.387 e. The van der Waals surface area contributed by atoms with Crippen molar-refractivity contribution in [3.05, 3.63) is 75.9 Å². The van der Waals surface area contributed by atoms with Crippen molar-refractivity contribution in [1.29, 1.82) is 0 Å². The van der Waals surface area contributed by atoms with Gasteiger partial charge in [-0.25, -0.2) is 9.55 Å². The van der Waals surface area contributed by atoms with Crippen LogP contribution in [0.3, 0.4) is 0 Å². The summed E-state index contributed by atoms with van der Waals surface area (Å²) < 4.78 is 6.38. The number of aliphatic hydroxyl groups excluding tert-OH is 1. The first-order valence-corrected chi connectivity index (χ1v) is 10.7. The summed E-state index contributed by atoms with van der Waals surface area (Å²) in [5, 5.41) is 13.3. The van der Waals surface area contributed by atoms with E-state index in [0.29, 0.717) is 13.1 Å². The molecule has 0 aliphatic rings. The van der Waals surface area contributed by atoms with E-state index < -0.39 is 6.10 Å². The SMILES string of the molecule is OC(Cn1c2ccc(Br)cc2c2cc(Br)ccc21)C[n+]1c[nH]c2ccccc21. The fourth-order valence-electron chi connectivity index (χ4n) is 3.95. The van der Waals surface area contributed by atoms with E-state index in [2.05, 4.69) is 76.3 Å². The van der Waals surface area contributed by atoms with Gasteiger partial charge in [-0.3, -0.25) is 0 Å². The molecule has 0 saturated heterocycles. The lowest BCUT2D eigenvalue weighted by molar-refractivity contribution is -0.678. The van der Waals surface area contributed by atoms with Gasteiger partial charge in [0, 0.05) is 30.8 Å². The number of aromatic amines is 1. The van der Waals surface area contributed by atoms with Crippen molar-refractivity contribution in [1.82, 2.24) is 9.55 Å². The summed E-state index contributed by atoms with van der Waals surface area (Å²) >= 11 is 7.16. The lowest BCUT2D eigenvalue weighted by atomic mass is 10.2. The van der Waals surface area contributed by atoms with E-state index in [0.717, 1.165) is 31.0 Å². The van der Waals surface area contributed by atoms with Crippen molar-refractivity contribution < 1.29 is 9.67 Å². The quantitative estimate of drug-likeness (QED) is 0.330. The van der Waals surface area contributed by atoms with E-state index >= 15 is 0 Å². The number of nitrogens with zero attached hydrogens (tertiary/aromatic N) is 2. The average Bonchev–Trinajstić information content (AvgIpc) is 3.21. The molecular weight excluding hydrogens is 482 g/mol. The molecule has 5 rings (SSSR count). The summed E-state index contributed by atoms with van der Waals surface area (Å²) in [5.41, 5.74) is 4.41. The molecule has 2 heterocycles. The van der Waals surface area contributed by atoms with Crippen molar-refractivity contribution in [2.24, 2.45) is 0 Å². The second-order valence-corrected chi connectivity index (χ2v) is 8.86. The van der Waals surface area contributed by atoms with Gasteiger partial charge in [0.2, 0.25) is 6.33 Å². The third-order valence-corrected chi connectivity index (χ3v) is 6.17. The van der Waals surface area contributed by atoms with Crippen LogP contribution in [0.15, 0.2) is 75.9 Å². The van der Waals surface area contributed by atoms with E-state index in [1.165, 1.54) is 10.8 Å². The smallest absolute Gasteiger partial charge is 0.242 e. The number of nitrogens with one attached hydrogen (secondary N) is 1. The first-order chi connectivity index (χ1) is 13.6. The van der Waals surface area contributed by atoms with E-state index in [-0.39, 0.29) is 0 Å². The second-order valence-electron chi connectivity index (χ2n) is 7.03. The zero-order valence-corrected chi connectivity index (χ0v) is 18.1. The maximum Gasteiger partial charge on any atom is 0.242 e. The Balaban J connectivity index is 1.55. The molecule has 4 nitrogen and oxygen atoms in total. The molecule has 28 heavy (non-hydrogen) atoms. The minimum atomic E-state index is -0.518. The topological polar surface area (TPSA) is 44.8 Å². The summed E-state index contributed by atoms with van der Waals surface area (Å²) in [6.07, 6.45) is 1.41. The number of aliphatic hydroxyl groups is 1. The fourth-order valence-corrected chi connectivity index (χ4v) is 4.68. The highest BCUT2D eigenvalue weighted by Crippen LogP contribution is 2.33. The Morgan fingerprint density at radius 2 is 1.57 bits per heavy atom. The average molecular weight is 500 g/mol. The van der Waals surface area contributed by atoms with Crippen LogP contribution in [0.25, 0.3) is 32.8 Å². The summed E-state index contributed by atoms with van der Waals surface area (Å²) in [6, 6.07) is 20.7. The standard InChI is InChI=1S/C22H17Br2N3O/c23-14-5-7-20-17(9-14)18-10-15(24)6-8-21(18)27(20)12-16(28)11-26-13-25-19-3-1-2-4-22(19)26/h1-10,13,16,28H,11-12H2/p+1. The van der Waals surface area contributed by atoms with Crippen LogP contribution < -0.4 is 4.57 Å². The van der Waals surface area contributed by atoms with Crippen molar-refractivity contribution in [3.63, 3.8) is 0 Å². The molecule has 0 radical (unpaired) electrons. The summed E-state index contributed by atoms with van der Waals surface area (Å²) in [6.45, 7) is 1.05. The molecule has 1 unspecified atom stereocenters. The number of imidazole rings is 1. The van der Waals surface area contributed by atoms with Crippen LogP contribution in [0.1, 0.15) is 0 Å². The van der Waals surface area contributed by atoms with Crippen LogP contribution >= 0.6 is 31.9 Å². The number of fused-ring (bicyclic) bond motifs is 4. The Labute approximate surface area is 178 Å². The predicted octanol–water partition coefficient (Wildman–Crippen LogP) is 5.15. The molecule has 0 amide bonds. The normalized spacial score (nSPS) is 13.0. The Morgan fingerprint density at radius 3 is 2.25 bits per heavy atom. The van der Waals surface area contributed by atoms with Gasteiger partial charge in [0.1, 0.15) is 12.6 Å². The van der Waals surface area contributed by atoms with Crippen molar-refractivity contribution >= 4 is 64.7 Å². The lowest BCUT2D eigenvalue weighted by Crippen LogP contribution is -2.40. The number of hydrogen-bond acceptors (Lipinski definition) is 1. The van der Waals surface area contributed by atoms with Gasteiger partial charge in [-0.1, -0.05) is 44.0 Å². The second kappa shape index (κ2) is 7.03. The van der Waals surface area contributed by atoms with Crippen LogP contribution in [0.5, 0.6) is 0 Å². The van der Waals surface area contributed by atoms with E-state index in [9.17, 15) is 5.11 Å². The van der Waals surface area contributed by atoms with E-state index in [1.807, 2.05) is 36.7 Å². The molecule has 6 heteroatoms. The van der Waals surface area contributed by atoms with Crippen LogP contribution in [-0.2, 0) is 13.1 Å². The number of aromatic nitrogens is 3. The van der Waals surface area contributed by atoms with Crippen LogP contribution in [-0.4, -0.2) is 20.8 Å². The molecule has 0 spiro atoms. The van der Waals surface area contributed by atoms with Gasteiger partial charge >= 0.3 is 0 Å². The molecule has 140 valence electrons. The molecule has 0 bridgehead atoms. The Kier molecular flexibility index (Phi) is 4.50. The third-order valence-electron chi connectivity index (χ3n) is 5.18. The summed E-state index contributed by atoms with van der Waals surface area (Å²) in [7, 11) is 0. The van der Waals surface area contributed by atoms with Crippen molar-refractivity contribution in [2.45, 2.75) is 19.2 Å². The third kappa shape index (κ3) is 3.05. The van der Waals surface area contributed by atoms with Gasteiger partial charge in [-0.15, -0.1) is 0 Å². The highest BCUT2D eigenvalue weighted by atomic mass is 79.9. The van der Waals surface area contributed by atoms with Crippen LogP contribution in [0.2, 0.25) is 0 Å². The zero-order valence-electron chi connectivity index (χ0n) is 14.9. The number of benzene rings is 3. The summed E-state index contributed by atoms with van der Waals surface area (Å²) in [4.78, 5) is 3.26. The summed E-state index contributed by atoms with van der Waals surface area (Å²) in [5.74, 6) is 0. The van der Waals surface area contributed by atoms with Crippen molar-refractivity contribution in [2.75, 3.05) is 0 Å². The molecule has 0 fully saturated rings. The Morgan fingerprint density at radius 1 is 0.929 bits per heavy atom. The first kappa shape index (κ1) is 17.9. The molecule has 1 atom stereocenters. The molecule has 3 aromatic carbocycles. The largest absolute Gasteiger partial charge is 0.387 e. The number of rotatable bonds is 4. The number of H-pyrrole nitrogens is 1. The molecule has 2 N–H and O–H groups in total. The van der Waals surface area contributed by atoms with Gasteiger partial charge in [-0.05, 0) is 48.5 Å². The molecule has 0 saturated carbocycles. The number of hydrogen-bond donors (Lipinski definition) is 2. The Bertz CT molecular complexity index is 1260. The van der Waals surface area contributed by atoms with Crippen molar-refractivity contribution in [3.8, 4) is 0 Å². The van der Waals surface area contributed by atoms with Gasteiger partial charge in [-0.2, -0.15) is 0 Å². The molecule has 2 aromatic heterocycles. The lowest BCUT2D eigenvalue weighted by Gasteiger charge is -2.13. The molecule has 0 aliphatic heterocycles. The van der Waals surface area contributed by atoms with E-state index in [1.54, 1.807) is 0 Å². The highest BCUT2D eigenvalue weighted by Gasteiger charge is 2.18. The minimum absolute atomic E-state index is 0.518. The fraction of sp³-hybridized carbons (Fsp3) is 0.136. The highest BCUT2D eigenvalue weighted by molar-refractivity contribution is 9.10.